The molecule has 0 aromatic heterocycles. The van der Waals surface area contributed by atoms with E-state index in [4.69, 9.17) is 0 Å². The van der Waals surface area contributed by atoms with Crippen LogP contribution in [0.25, 0.3) is 0 Å². The highest BCUT2D eigenvalue weighted by Gasteiger charge is 2.18. The first kappa shape index (κ1) is 11.8. The van der Waals surface area contributed by atoms with Gasteiger partial charge in [-0.25, -0.2) is 0 Å². The summed E-state index contributed by atoms with van der Waals surface area (Å²) in [5, 5.41) is 0. The lowest BCUT2D eigenvalue weighted by Gasteiger charge is -2.32. The third kappa shape index (κ3) is 3.68. The lowest BCUT2D eigenvalue weighted by molar-refractivity contribution is 0.182. The Hall–Kier alpha value is 0.330. The number of hydrogen-bond donors (Lipinski definition) is 0. The molecule has 2 nitrogen and oxygen atoms in total. The van der Waals surface area contributed by atoms with Crippen molar-refractivity contribution >= 4 is 27.9 Å². The van der Waals surface area contributed by atoms with Gasteiger partial charge in [0.2, 0.25) is 0 Å². The zero-order valence-corrected chi connectivity index (χ0v) is 11.1. The van der Waals surface area contributed by atoms with Crippen molar-refractivity contribution in [3.63, 3.8) is 0 Å². The van der Waals surface area contributed by atoms with Crippen LogP contribution in [0.2, 0.25) is 0 Å². The van der Waals surface area contributed by atoms with E-state index in [1.54, 1.807) is 0 Å². The molecule has 0 unspecified atom stereocenters. The number of rotatable bonds is 3. The normalized spacial score (nSPS) is 28.1. The van der Waals surface area contributed by atoms with Gasteiger partial charge in [0.25, 0.3) is 0 Å². The van der Waals surface area contributed by atoms with Crippen LogP contribution in [0, 0.1) is 0 Å². The van der Waals surface area contributed by atoms with E-state index in [-0.39, 0.29) is 0 Å². The van der Waals surface area contributed by atoms with Crippen molar-refractivity contribution in [2.24, 2.45) is 4.99 Å². The van der Waals surface area contributed by atoms with Crippen LogP contribution >= 0.6 is 23.5 Å². The molecule has 15 heavy (non-hydrogen) atoms. The Balaban J connectivity index is 1.63. The first-order chi connectivity index (χ1) is 7.36. The van der Waals surface area contributed by atoms with Crippen LogP contribution < -0.4 is 0 Å². The van der Waals surface area contributed by atoms with Gasteiger partial charge in [-0.3, -0.25) is 4.99 Å². The molecule has 2 rings (SSSR count). The molecule has 1 atom stereocenters. The fourth-order valence-electron chi connectivity index (χ4n) is 2.19. The Morgan fingerprint density at radius 3 is 3.20 bits per heavy atom. The maximum atomic E-state index is 4.47. The van der Waals surface area contributed by atoms with Gasteiger partial charge < -0.3 is 4.90 Å². The summed E-state index contributed by atoms with van der Waals surface area (Å²) < 4.78 is 1.33. The minimum Gasteiger partial charge on any atom is -0.303 e. The molecular weight excluding hydrogens is 224 g/mol. The number of thioether (sulfide) groups is 2. The van der Waals surface area contributed by atoms with Gasteiger partial charge in [0, 0.05) is 17.5 Å². The van der Waals surface area contributed by atoms with E-state index < -0.39 is 0 Å². The molecule has 0 aromatic carbocycles. The van der Waals surface area contributed by atoms with E-state index in [0.717, 1.165) is 12.6 Å². The van der Waals surface area contributed by atoms with Gasteiger partial charge in [0.1, 0.15) is 4.38 Å². The third-order valence-corrected chi connectivity index (χ3v) is 5.44. The molecule has 2 heterocycles. The average Bonchev–Trinajstić information content (AvgIpc) is 2.74. The molecule has 2 aliphatic heterocycles. The van der Waals surface area contributed by atoms with Crippen LogP contribution in [0.15, 0.2) is 4.99 Å². The third-order valence-electron chi connectivity index (χ3n) is 3.16. The topological polar surface area (TPSA) is 15.6 Å². The standard InChI is InChI=1S/C11H20N2S2/c1-13-7-3-2-4-10(13)5-8-14-11-12-6-9-15-11/h10H,2-9H2,1H3/t10-/m1/s1. The van der Waals surface area contributed by atoms with Gasteiger partial charge in [-0.2, -0.15) is 0 Å². The smallest absolute Gasteiger partial charge is 0.124 e. The Kier molecular flexibility index (Phi) is 4.85. The average molecular weight is 244 g/mol. The molecule has 0 aromatic rings. The lowest BCUT2D eigenvalue weighted by atomic mass is 10.0. The molecule has 0 spiro atoms. The summed E-state index contributed by atoms with van der Waals surface area (Å²) in [7, 11) is 2.27. The number of aliphatic imine (C=N–C) groups is 1. The van der Waals surface area contributed by atoms with E-state index in [9.17, 15) is 0 Å². The highest BCUT2D eigenvalue weighted by atomic mass is 32.2. The summed E-state index contributed by atoms with van der Waals surface area (Å²) >= 11 is 3.90. The van der Waals surface area contributed by atoms with Gasteiger partial charge in [-0.1, -0.05) is 29.9 Å². The quantitative estimate of drug-likeness (QED) is 0.759. The Bertz CT molecular complexity index is 231. The van der Waals surface area contributed by atoms with Gasteiger partial charge in [0.05, 0.1) is 6.54 Å². The minimum atomic E-state index is 0.832. The predicted octanol–water partition coefficient (Wildman–Crippen LogP) is 2.70. The second-order valence-corrected chi connectivity index (χ2v) is 6.69. The molecule has 0 bridgehead atoms. The predicted molar refractivity (Wildman–Crippen MR) is 72.1 cm³/mol. The molecule has 0 aliphatic carbocycles. The van der Waals surface area contributed by atoms with Crippen LogP contribution in [0.4, 0.5) is 0 Å². The van der Waals surface area contributed by atoms with Crippen molar-refractivity contribution in [3.8, 4) is 0 Å². The van der Waals surface area contributed by atoms with Crippen LogP contribution in [0.5, 0.6) is 0 Å². The summed E-state index contributed by atoms with van der Waals surface area (Å²) in [4.78, 5) is 7.00. The molecule has 0 N–H and O–H groups in total. The largest absolute Gasteiger partial charge is 0.303 e. The van der Waals surface area contributed by atoms with Crippen molar-refractivity contribution in [1.82, 2.24) is 4.90 Å². The van der Waals surface area contributed by atoms with Crippen LogP contribution in [0.3, 0.4) is 0 Å². The van der Waals surface area contributed by atoms with Crippen LogP contribution in [0.1, 0.15) is 25.7 Å². The second-order valence-electron chi connectivity index (χ2n) is 4.26. The maximum Gasteiger partial charge on any atom is 0.124 e. The monoisotopic (exact) mass is 244 g/mol. The SMILES string of the molecule is CN1CCCC[C@@H]1CCSC1=NCCS1. The Morgan fingerprint density at radius 1 is 1.53 bits per heavy atom. The number of nitrogens with zero attached hydrogens (tertiary/aromatic N) is 2. The fourth-order valence-corrected chi connectivity index (χ4v) is 4.31. The zero-order valence-electron chi connectivity index (χ0n) is 9.45. The number of likely N-dealkylation sites (tertiary alicyclic amines) is 1. The van der Waals surface area contributed by atoms with Gasteiger partial charge in [0.15, 0.2) is 0 Å². The molecule has 1 fully saturated rings. The van der Waals surface area contributed by atoms with E-state index in [1.807, 2.05) is 23.5 Å². The van der Waals surface area contributed by atoms with E-state index in [1.165, 1.54) is 48.1 Å². The van der Waals surface area contributed by atoms with E-state index in [0.29, 0.717) is 0 Å². The Labute approximate surface area is 101 Å². The number of piperidine rings is 1. The molecule has 1 saturated heterocycles. The maximum absolute atomic E-state index is 4.47. The van der Waals surface area contributed by atoms with Crippen molar-refractivity contribution in [3.05, 3.63) is 0 Å². The van der Waals surface area contributed by atoms with Gasteiger partial charge in [-0.15, -0.1) is 0 Å². The molecule has 0 radical (unpaired) electrons. The van der Waals surface area contributed by atoms with Crippen molar-refractivity contribution in [1.29, 1.82) is 0 Å². The summed E-state index contributed by atoms with van der Waals surface area (Å²) in [5.41, 5.74) is 0. The lowest BCUT2D eigenvalue weighted by Crippen LogP contribution is -2.36. The molecule has 86 valence electrons. The summed E-state index contributed by atoms with van der Waals surface area (Å²) in [6, 6.07) is 0.832. The van der Waals surface area contributed by atoms with Gasteiger partial charge >= 0.3 is 0 Å². The second kappa shape index (κ2) is 6.16. The van der Waals surface area contributed by atoms with Gasteiger partial charge in [-0.05, 0) is 32.9 Å². The Morgan fingerprint density at radius 2 is 2.47 bits per heavy atom. The van der Waals surface area contributed by atoms with Crippen molar-refractivity contribution in [2.75, 3.05) is 31.6 Å². The molecular formula is C11H20N2S2. The molecule has 0 amide bonds. The summed E-state index contributed by atoms with van der Waals surface area (Å²) in [6.45, 7) is 2.33. The fraction of sp³-hybridized carbons (Fsp3) is 0.909. The van der Waals surface area contributed by atoms with Crippen LogP contribution in [-0.2, 0) is 0 Å². The van der Waals surface area contributed by atoms with Crippen molar-refractivity contribution in [2.45, 2.75) is 31.7 Å². The highest BCUT2D eigenvalue weighted by molar-refractivity contribution is 8.39. The first-order valence-corrected chi connectivity index (χ1v) is 7.83. The van der Waals surface area contributed by atoms with E-state index in [2.05, 4.69) is 16.9 Å². The van der Waals surface area contributed by atoms with Crippen molar-refractivity contribution < 1.29 is 0 Å². The molecule has 2 aliphatic rings. The van der Waals surface area contributed by atoms with Crippen LogP contribution in [-0.4, -0.2) is 47.0 Å². The minimum absolute atomic E-state index is 0.832. The molecule has 0 saturated carbocycles. The highest BCUT2D eigenvalue weighted by Crippen LogP contribution is 2.25. The van der Waals surface area contributed by atoms with E-state index >= 15 is 0 Å². The molecule has 4 heteroatoms. The summed E-state index contributed by atoms with van der Waals surface area (Å²) in [5.74, 6) is 2.45. The first-order valence-electron chi connectivity index (χ1n) is 5.86. The number of hydrogen-bond acceptors (Lipinski definition) is 4. The summed E-state index contributed by atoms with van der Waals surface area (Å²) in [6.07, 6.45) is 5.55. The zero-order chi connectivity index (χ0) is 10.5.